The van der Waals surface area contributed by atoms with Gasteiger partial charge in [-0.25, -0.2) is 0 Å². The number of rotatable bonds is 15. The van der Waals surface area contributed by atoms with E-state index >= 15 is 0 Å². The van der Waals surface area contributed by atoms with Crippen molar-refractivity contribution >= 4 is 22.9 Å². The molecule has 0 unspecified atom stereocenters. The number of amides is 1. The molecule has 0 aliphatic carbocycles. The molecule has 1 heterocycles. The summed E-state index contributed by atoms with van der Waals surface area (Å²) in [5.74, 6) is 0.297. The van der Waals surface area contributed by atoms with Crippen molar-refractivity contribution in [3.63, 3.8) is 0 Å². The molecule has 3 rings (SSSR count). The van der Waals surface area contributed by atoms with Gasteiger partial charge in [0, 0.05) is 36.6 Å². The Morgan fingerprint density at radius 2 is 1.56 bits per heavy atom. The lowest BCUT2D eigenvalue weighted by Crippen LogP contribution is -2.34. The normalized spacial score (nSPS) is 11.8. The minimum absolute atomic E-state index is 0.297. The number of para-hydroxylation sites is 1. The molecule has 1 N–H and O–H groups in total. The van der Waals surface area contributed by atoms with Crippen LogP contribution in [0, 0.1) is 0 Å². The van der Waals surface area contributed by atoms with E-state index in [0.29, 0.717) is 12.3 Å². The van der Waals surface area contributed by atoms with Crippen LogP contribution in [-0.2, 0) is 11.2 Å². The Hall–Kier alpha value is -2.81. The quantitative estimate of drug-likeness (QED) is 0.229. The number of carbonyl (C=O) groups is 1. The van der Waals surface area contributed by atoms with E-state index in [4.69, 9.17) is 0 Å². The Kier molecular flexibility index (Phi) is 11.0. The van der Waals surface area contributed by atoms with E-state index in [2.05, 4.69) is 90.6 Å². The van der Waals surface area contributed by atoms with E-state index in [1.165, 1.54) is 59.7 Å². The summed E-state index contributed by atoms with van der Waals surface area (Å²) in [4.78, 5) is 18.8. The van der Waals surface area contributed by atoms with Crippen LogP contribution in [0.4, 0.5) is 0 Å². The highest BCUT2D eigenvalue weighted by Gasteiger charge is 2.16. The number of hydrogen-bond acceptors (Lipinski definition) is 1. The first-order valence-electron chi connectivity index (χ1n) is 13.3. The van der Waals surface area contributed by atoms with Crippen molar-refractivity contribution in [3.8, 4) is 0 Å². The predicted molar refractivity (Wildman–Crippen MR) is 146 cm³/mol. The van der Waals surface area contributed by atoms with Gasteiger partial charge in [0.15, 0.2) is 0 Å². The SMILES string of the molecule is CCCCCCC(=O)N(CCc1c[nH]c2ccccc12)C/C(=C/c1ccccc1)CCCCC. The lowest BCUT2D eigenvalue weighted by molar-refractivity contribution is -0.130. The maximum atomic E-state index is 13.3. The number of hydrogen-bond donors (Lipinski definition) is 1. The van der Waals surface area contributed by atoms with Crippen molar-refractivity contribution in [1.29, 1.82) is 0 Å². The molecule has 0 atom stereocenters. The van der Waals surface area contributed by atoms with Crippen molar-refractivity contribution in [2.45, 2.75) is 78.1 Å². The van der Waals surface area contributed by atoms with Crippen LogP contribution in [-0.4, -0.2) is 28.9 Å². The first-order valence-corrected chi connectivity index (χ1v) is 13.3. The van der Waals surface area contributed by atoms with E-state index in [-0.39, 0.29) is 0 Å². The fourth-order valence-corrected chi connectivity index (χ4v) is 4.58. The third kappa shape index (κ3) is 8.20. The molecule has 0 aliphatic heterocycles. The topological polar surface area (TPSA) is 36.1 Å². The smallest absolute Gasteiger partial charge is 0.222 e. The second-order valence-electron chi connectivity index (χ2n) is 9.41. The molecule has 0 saturated carbocycles. The molecule has 1 aromatic heterocycles. The summed E-state index contributed by atoms with van der Waals surface area (Å²) >= 11 is 0. The van der Waals surface area contributed by atoms with Crippen LogP contribution in [0.15, 0.2) is 66.4 Å². The van der Waals surface area contributed by atoms with Crippen LogP contribution in [0.1, 0.15) is 82.8 Å². The number of H-pyrrole nitrogens is 1. The predicted octanol–water partition coefficient (Wildman–Crippen LogP) is 8.17. The van der Waals surface area contributed by atoms with Crippen LogP contribution >= 0.6 is 0 Å². The number of fused-ring (bicyclic) bond motifs is 1. The van der Waals surface area contributed by atoms with Crippen LogP contribution in [0.5, 0.6) is 0 Å². The number of aromatic amines is 1. The van der Waals surface area contributed by atoms with E-state index < -0.39 is 0 Å². The highest BCUT2D eigenvalue weighted by molar-refractivity contribution is 5.83. The lowest BCUT2D eigenvalue weighted by Gasteiger charge is -2.25. The second kappa shape index (κ2) is 14.5. The molecule has 2 aromatic carbocycles. The van der Waals surface area contributed by atoms with Crippen LogP contribution < -0.4 is 0 Å². The van der Waals surface area contributed by atoms with Gasteiger partial charge in [-0.3, -0.25) is 4.79 Å². The Bertz CT molecular complexity index is 1020. The molecule has 0 bridgehead atoms. The number of carbonyl (C=O) groups excluding carboxylic acids is 1. The molecular weight excluding hydrogens is 416 g/mol. The standard InChI is InChI=1S/C31H42N2O/c1-3-5-7-12-20-31(34)33(22-21-28-24-32-30-19-14-13-18-29(28)30)25-27(17-9-6-4-2)23-26-15-10-8-11-16-26/h8,10-11,13-16,18-19,23-24,32H,3-7,9,12,17,20-22,25H2,1-2H3/b27-23+. The number of nitrogens with one attached hydrogen (secondary N) is 1. The Morgan fingerprint density at radius 3 is 2.35 bits per heavy atom. The average Bonchev–Trinajstić information content (AvgIpc) is 3.28. The van der Waals surface area contributed by atoms with Gasteiger partial charge < -0.3 is 9.88 Å². The molecule has 0 spiro atoms. The van der Waals surface area contributed by atoms with Crippen molar-refractivity contribution in [1.82, 2.24) is 9.88 Å². The molecule has 182 valence electrons. The molecule has 0 radical (unpaired) electrons. The fraction of sp³-hybridized carbons (Fsp3) is 0.452. The highest BCUT2D eigenvalue weighted by atomic mass is 16.2. The Morgan fingerprint density at radius 1 is 0.853 bits per heavy atom. The summed E-state index contributed by atoms with van der Waals surface area (Å²) < 4.78 is 0. The van der Waals surface area contributed by atoms with Crippen LogP contribution in [0.25, 0.3) is 17.0 Å². The van der Waals surface area contributed by atoms with Crippen LogP contribution in [0.3, 0.4) is 0 Å². The highest BCUT2D eigenvalue weighted by Crippen LogP contribution is 2.20. The number of aromatic nitrogens is 1. The molecule has 3 heteroatoms. The first-order chi connectivity index (χ1) is 16.7. The third-order valence-corrected chi connectivity index (χ3v) is 6.59. The first kappa shape index (κ1) is 25.8. The van der Waals surface area contributed by atoms with E-state index in [1.807, 2.05) is 0 Å². The number of benzene rings is 2. The van der Waals surface area contributed by atoms with Gasteiger partial charge in [-0.05, 0) is 42.9 Å². The summed E-state index contributed by atoms with van der Waals surface area (Å²) in [6.07, 6.45) is 15.1. The van der Waals surface area contributed by atoms with E-state index in [0.717, 1.165) is 38.8 Å². The minimum atomic E-state index is 0.297. The molecule has 1 amide bonds. The monoisotopic (exact) mass is 458 g/mol. The second-order valence-corrected chi connectivity index (χ2v) is 9.41. The van der Waals surface area contributed by atoms with Crippen LogP contribution in [0.2, 0.25) is 0 Å². The summed E-state index contributed by atoms with van der Waals surface area (Å²) in [7, 11) is 0. The summed E-state index contributed by atoms with van der Waals surface area (Å²) in [6, 6.07) is 19.0. The fourth-order valence-electron chi connectivity index (χ4n) is 4.58. The van der Waals surface area contributed by atoms with E-state index in [1.54, 1.807) is 0 Å². The van der Waals surface area contributed by atoms with Gasteiger partial charge in [0.2, 0.25) is 5.91 Å². The van der Waals surface area contributed by atoms with Crippen molar-refractivity contribution in [2.75, 3.05) is 13.1 Å². The molecular formula is C31H42N2O. The zero-order valence-electron chi connectivity index (χ0n) is 21.2. The Balaban J connectivity index is 1.75. The van der Waals surface area contributed by atoms with Gasteiger partial charge in [-0.2, -0.15) is 0 Å². The average molecular weight is 459 g/mol. The molecule has 3 aromatic rings. The minimum Gasteiger partial charge on any atom is -0.361 e. The van der Waals surface area contributed by atoms with Crippen molar-refractivity contribution in [2.24, 2.45) is 0 Å². The van der Waals surface area contributed by atoms with E-state index in [9.17, 15) is 4.79 Å². The molecule has 0 saturated heterocycles. The van der Waals surface area contributed by atoms with Crippen molar-refractivity contribution < 1.29 is 4.79 Å². The third-order valence-electron chi connectivity index (χ3n) is 6.59. The maximum Gasteiger partial charge on any atom is 0.222 e. The molecule has 3 nitrogen and oxygen atoms in total. The zero-order valence-corrected chi connectivity index (χ0v) is 21.2. The lowest BCUT2D eigenvalue weighted by atomic mass is 10.0. The molecule has 34 heavy (non-hydrogen) atoms. The Labute approximate surface area is 206 Å². The van der Waals surface area contributed by atoms with Gasteiger partial charge in [0.25, 0.3) is 0 Å². The number of unbranched alkanes of at least 4 members (excludes halogenated alkanes) is 5. The maximum absolute atomic E-state index is 13.3. The molecule has 0 aliphatic rings. The summed E-state index contributed by atoms with van der Waals surface area (Å²) in [5.41, 5.74) is 5.04. The zero-order chi connectivity index (χ0) is 24.0. The van der Waals surface area contributed by atoms with Gasteiger partial charge in [0.1, 0.15) is 0 Å². The van der Waals surface area contributed by atoms with Crippen molar-refractivity contribution in [3.05, 3.63) is 77.5 Å². The van der Waals surface area contributed by atoms with Gasteiger partial charge in [-0.15, -0.1) is 0 Å². The van der Waals surface area contributed by atoms with Gasteiger partial charge in [-0.1, -0.05) is 106 Å². The summed E-state index contributed by atoms with van der Waals surface area (Å²) in [5, 5.41) is 1.26. The summed E-state index contributed by atoms with van der Waals surface area (Å²) in [6.45, 7) is 5.95. The number of nitrogens with zero attached hydrogens (tertiary/aromatic N) is 1. The van der Waals surface area contributed by atoms with Gasteiger partial charge in [0.05, 0.1) is 0 Å². The molecule has 0 fully saturated rings. The van der Waals surface area contributed by atoms with Gasteiger partial charge >= 0.3 is 0 Å². The largest absolute Gasteiger partial charge is 0.361 e.